The molecular formula is C18H14N2O2. The lowest BCUT2D eigenvalue weighted by atomic mass is 10.1. The number of aromatic hydroxyl groups is 1. The SMILES string of the molecule is O=C(Nc1ccccc1O)c1ccc(-c2ccccn2)cc1. The average Bonchev–Trinajstić information content (AvgIpc) is 2.58. The molecule has 0 bridgehead atoms. The van der Waals surface area contributed by atoms with E-state index in [-0.39, 0.29) is 11.7 Å². The number of hydrogen-bond donors (Lipinski definition) is 2. The molecule has 2 N–H and O–H groups in total. The summed E-state index contributed by atoms with van der Waals surface area (Å²) in [7, 11) is 0. The Morgan fingerprint density at radius 2 is 1.64 bits per heavy atom. The van der Waals surface area contributed by atoms with Gasteiger partial charge >= 0.3 is 0 Å². The predicted molar refractivity (Wildman–Crippen MR) is 85.7 cm³/mol. The zero-order valence-corrected chi connectivity index (χ0v) is 11.7. The Hall–Kier alpha value is -3.14. The van der Waals surface area contributed by atoms with Gasteiger partial charge in [-0.05, 0) is 36.4 Å². The van der Waals surface area contributed by atoms with Crippen LogP contribution in [0.15, 0.2) is 72.9 Å². The van der Waals surface area contributed by atoms with Crippen molar-refractivity contribution in [3.05, 3.63) is 78.5 Å². The molecule has 0 spiro atoms. The van der Waals surface area contributed by atoms with E-state index in [0.717, 1.165) is 11.3 Å². The molecule has 22 heavy (non-hydrogen) atoms. The van der Waals surface area contributed by atoms with E-state index >= 15 is 0 Å². The van der Waals surface area contributed by atoms with Crippen molar-refractivity contribution in [3.8, 4) is 17.0 Å². The number of carbonyl (C=O) groups excluding carboxylic acids is 1. The molecule has 0 atom stereocenters. The second-order valence-corrected chi connectivity index (χ2v) is 4.76. The van der Waals surface area contributed by atoms with E-state index in [4.69, 9.17) is 0 Å². The van der Waals surface area contributed by atoms with E-state index < -0.39 is 0 Å². The maximum atomic E-state index is 12.2. The maximum Gasteiger partial charge on any atom is 0.255 e. The fourth-order valence-corrected chi connectivity index (χ4v) is 2.10. The van der Waals surface area contributed by atoms with Crippen molar-refractivity contribution in [3.63, 3.8) is 0 Å². The van der Waals surface area contributed by atoms with Crippen molar-refractivity contribution in [1.82, 2.24) is 4.98 Å². The van der Waals surface area contributed by atoms with Crippen molar-refractivity contribution in [2.24, 2.45) is 0 Å². The summed E-state index contributed by atoms with van der Waals surface area (Å²) in [4.78, 5) is 16.4. The molecule has 0 aliphatic heterocycles. The topological polar surface area (TPSA) is 62.2 Å². The Morgan fingerprint density at radius 1 is 0.909 bits per heavy atom. The smallest absolute Gasteiger partial charge is 0.255 e. The fourth-order valence-electron chi connectivity index (χ4n) is 2.10. The molecule has 4 heteroatoms. The van der Waals surface area contributed by atoms with Crippen LogP contribution < -0.4 is 5.32 Å². The van der Waals surface area contributed by atoms with Gasteiger partial charge in [-0.25, -0.2) is 0 Å². The summed E-state index contributed by atoms with van der Waals surface area (Å²) < 4.78 is 0. The highest BCUT2D eigenvalue weighted by molar-refractivity contribution is 6.05. The molecule has 0 saturated carbocycles. The van der Waals surface area contributed by atoms with Crippen LogP contribution in [0.25, 0.3) is 11.3 Å². The van der Waals surface area contributed by atoms with E-state index in [1.165, 1.54) is 6.07 Å². The lowest BCUT2D eigenvalue weighted by Crippen LogP contribution is -2.11. The van der Waals surface area contributed by atoms with E-state index in [0.29, 0.717) is 11.3 Å². The van der Waals surface area contributed by atoms with Gasteiger partial charge in [-0.2, -0.15) is 0 Å². The third kappa shape index (κ3) is 2.96. The van der Waals surface area contributed by atoms with Crippen molar-refractivity contribution in [1.29, 1.82) is 0 Å². The van der Waals surface area contributed by atoms with Gasteiger partial charge < -0.3 is 10.4 Å². The normalized spacial score (nSPS) is 10.2. The minimum Gasteiger partial charge on any atom is -0.506 e. The molecule has 0 radical (unpaired) electrons. The standard InChI is InChI=1S/C18H14N2O2/c21-17-7-2-1-6-16(17)20-18(22)14-10-8-13(9-11-14)15-5-3-4-12-19-15/h1-12,21H,(H,20,22). The zero-order valence-electron chi connectivity index (χ0n) is 11.7. The number of hydrogen-bond acceptors (Lipinski definition) is 3. The van der Waals surface area contributed by atoms with Gasteiger partial charge in [0.05, 0.1) is 11.4 Å². The number of phenols is 1. The van der Waals surface area contributed by atoms with Crippen LogP contribution in [0.2, 0.25) is 0 Å². The lowest BCUT2D eigenvalue weighted by molar-refractivity contribution is 0.102. The summed E-state index contributed by atoms with van der Waals surface area (Å²) in [5, 5.41) is 12.4. The number of amides is 1. The zero-order chi connectivity index (χ0) is 15.4. The maximum absolute atomic E-state index is 12.2. The van der Waals surface area contributed by atoms with Gasteiger partial charge in [0.25, 0.3) is 5.91 Å². The van der Waals surface area contributed by atoms with Gasteiger partial charge in [0.15, 0.2) is 0 Å². The molecule has 0 unspecified atom stereocenters. The molecule has 0 aliphatic carbocycles. The Morgan fingerprint density at radius 3 is 2.32 bits per heavy atom. The van der Waals surface area contributed by atoms with Gasteiger partial charge in [0, 0.05) is 17.3 Å². The average molecular weight is 290 g/mol. The summed E-state index contributed by atoms with van der Waals surface area (Å²) in [6.45, 7) is 0. The summed E-state index contributed by atoms with van der Waals surface area (Å²) in [5.74, 6) is -0.227. The summed E-state index contributed by atoms with van der Waals surface area (Å²) in [5.41, 5.74) is 2.71. The number of nitrogens with one attached hydrogen (secondary N) is 1. The van der Waals surface area contributed by atoms with Gasteiger partial charge in [-0.1, -0.05) is 30.3 Å². The number of rotatable bonds is 3. The second-order valence-electron chi connectivity index (χ2n) is 4.76. The fraction of sp³-hybridized carbons (Fsp3) is 0. The molecule has 3 aromatic rings. The van der Waals surface area contributed by atoms with E-state index in [1.54, 1.807) is 36.5 Å². The molecule has 0 fully saturated rings. The van der Waals surface area contributed by atoms with E-state index in [9.17, 15) is 9.90 Å². The third-order valence-corrected chi connectivity index (χ3v) is 3.26. The van der Waals surface area contributed by atoms with Crippen molar-refractivity contribution in [2.75, 3.05) is 5.32 Å². The number of para-hydroxylation sites is 2. The number of benzene rings is 2. The molecule has 108 valence electrons. The number of pyridine rings is 1. The van der Waals surface area contributed by atoms with Crippen LogP contribution >= 0.6 is 0 Å². The Balaban J connectivity index is 1.78. The number of anilines is 1. The van der Waals surface area contributed by atoms with Crippen LogP contribution in [-0.2, 0) is 0 Å². The molecule has 2 aromatic carbocycles. The van der Waals surface area contributed by atoms with Crippen molar-refractivity contribution >= 4 is 11.6 Å². The number of phenolic OH excluding ortho intramolecular Hbond substituents is 1. The predicted octanol–water partition coefficient (Wildman–Crippen LogP) is 3.71. The molecular weight excluding hydrogens is 276 g/mol. The first-order valence-corrected chi connectivity index (χ1v) is 6.85. The first-order chi connectivity index (χ1) is 10.7. The minimum atomic E-state index is -0.269. The summed E-state index contributed by atoms with van der Waals surface area (Å²) >= 11 is 0. The van der Waals surface area contributed by atoms with Crippen LogP contribution in [0.4, 0.5) is 5.69 Å². The molecule has 1 aromatic heterocycles. The van der Waals surface area contributed by atoms with Crippen LogP contribution in [0, 0.1) is 0 Å². The van der Waals surface area contributed by atoms with Crippen LogP contribution in [0.1, 0.15) is 10.4 Å². The third-order valence-electron chi connectivity index (χ3n) is 3.26. The Labute approximate surface area is 128 Å². The first kappa shape index (κ1) is 13.8. The first-order valence-electron chi connectivity index (χ1n) is 6.85. The highest BCUT2D eigenvalue weighted by Gasteiger charge is 2.08. The molecule has 3 rings (SSSR count). The van der Waals surface area contributed by atoms with Crippen LogP contribution in [0.3, 0.4) is 0 Å². The molecule has 0 saturated heterocycles. The van der Waals surface area contributed by atoms with Gasteiger partial charge in [0.1, 0.15) is 5.75 Å². The van der Waals surface area contributed by atoms with Crippen molar-refractivity contribution in [2.45, 2.75) is 0 Å². The highest BCUT2D eigenvalue weighted by Crippen LogP contribution is 2.23. The highest BCUT2D eigenvalue weighted by atomic mass is 16.3. The van der Waals surface area contributed by atoms with Gasteiger partial charge in [-0.15, -0.1) is 0 Å². The van der Waals surface area contributed by atoms with Crippen molar-refractivity contribution < 1.29 is 9.90 Å². The second kappa shape index (κ2) is 6.10. The van der Waals surface area contributed by atoms with Crippen LogP contribution in [-0.4, -0.2) is 16.0 Å². The van der Waals surface area contributed by atoms with E-state index in [1.807, 2.05) is 30.3 Å². The molecule has 1 heterocycles. The lowest BCUT2D eigenvalue weighted by Gasteiger charge is -2.07. The van der Waals surface area contributed by atoms with E-state index in [2.05, 4.69) is 10.3 Å². The Kier molecular flexibility index (Phi) is 3.83. The largest absolute Gasteiger partial charge is 0.506 e. The molecule has 0 aliphatic rings. The van der Waals surface area contributed by atoms with Crippen LogP contribution in [0.5, 0.6) is 5.75 Å². The summed E-state index contributed by atoms with van der Waals surface area (Å²) in [6, 6.07) is 19.5. The quantitative estimate of drug-likeness (QED) is 0.723. The monoisotopic (exact) mass is 290 g/mol. The Bertz CT molecular complexity index is 784. The number of aromatic nitrogens is 1. The van der Waals surface area contributed by atoms with Gasteiger partial charge in [0.2, 0.25) is 0 Å². The number of carbonyl (C=O) groups is 1. The molecule has 1 amide bonds. The minimum absolute atomic E-state index is 0.0426. The number of nitrogens with zero attached hydrogens (tertiary/aromatic N) is 1. The summed E-state index contributed by atoms with van der Waals surface area (Å²) in [6.07, 6.45) is 1.73. The molecule has 4 nitrogen and oxygen atoms in total. The van der Waals surface area contributed by atoms with Gasteiger partial charge in [-0.3, -0.25) is 9.78 Å².